The second-order valence-corrected chi connectivity index (χ2v) is 5.60. The van der Waals surface area contributed by atoms with Gasteiger partial charge in [0.1, 0.15) is 12.4 Å². The lowest BCUT2D eigenvalue weighted by Gasteiger charge is -2.17. The first-order chi connectivity index (χ1) is 10.7. The van der Waals surface area contributed by atoms with Crippen molar-refractivity contribution in [1.29, 1.82) is 5.26 Å². The number of hydrogen-bond donors (Lipinski definition) is 0. The van der Waals surface area contributed by atoms with Gasteiger partial charge in [-0.3, -0.25) is 14.8 Å². The summed E-state index contributed by atoms with van der Waals surface area (Å²) in [6, 6.07) is 9.64. The molecule has 0 amide bonds. The molecule has 0 radical (unpaired) electrons. The van der Waals surface area contributed by atoms with Crippen LogP contribution >= 0.6 is 0 Å². The molecule has 1 aliphatic heterocycles. The molecular formula is C18H15N3O. The molecule has 0 saturated heterocycles. The normalized spacial score (nSPS) is 15.9. The van der Waals surface area contributed by atoms with Gasteiger partial charge in [0.15, 0.2) is 0 Å². The van der Waals surface area contributed by atoms with Crippen LogP contribution in [0.25, 0.3) is 0 Å². The van der Waals surface area contributed by atoms with E-state index in [0.29, 0.717) is 23.5 Å². The van der Waals surface area contributed by atoms with Crippen molar-refractivity contribution in [2.45, 2.75) is 19.8 Å². The number of hydrogen-bond acceptors (Lipinski definition) is 4. The Balaban J connectivity index is 1.98. The molecule has 0 fully saturated rings. The van der Waals surface area contributed by atoms with Crippen LogP contribution in [0.4, 0.5) is 5.69 Å². The Hall–Kier alpha value is -2.80. The van der Waals surface area contributed by atoms with Crippen LogP contribution in [0.5, 0.6) is 0 Å². The third-order valence-electron chi connectivity index (χ3n) is 3.73. The zero-order valence-corrected chi connectivity index (χ0v) is 12.3. The molecule has 2 aromatic rings. The number of benzene rings is 1. The van der Waals surface area contributed by atoms with Crippen molar-refractivity contribution in [2.24, 2.45) is 10.9 Å². The fourth-order valence-corrected chi connectivity index (χ4v) is 2.73. The second-order valence-electron chi connectivity index (χ2n) is 5.60. The fraction of sp³-hybridized carbons (Fsp3) is 0.222. The van der Waals surface area contributed by atoms with E-state index in [1.807, 2.05) is 12.3 Å². The largest absolute Gasteiger partial charge is 0.298 e. The van der Waals surface area contributed by atoms with Crippen molar-refractivity contribution < 1.29 is 4.79 Å². The van der Waals surface area contributed by atoms with Gasteiger partial charge in [0, 0.05) is 30.1 Å². The van der Waals surface area contributed by atoms with E-state index in [0.717, 1.165) is 35.2 Å². The number of aldehydes is 1. The van der Waals surface area contributed by atoms with Crippen LogP contribution in [0.2, 0.25) is 0 Å². The predicted molar refractivity (Wildman–Crippen MR) is 84.6 cm³/mol. The maximum Gasteiger partial charge on any atom is 0.150 e. The summed E-state index contributed by atoms with van der Waals surface area (Å²) < 4.78 is 0. The average Bonchev–Trinajstić information content (AvgIpc) is 2.53. The zero-order chi connectivity index (χ0) is 15.5. The maximum atomic E-state index is 10.9. The Bertz CT molecular complexity index is 802. The van der Waals surface area contributed by atoms with Crippen LogP contribution in [0.15, 0.2) is 35.5 Å². The van der Waals surface area contributed by atoms with Gasteiger partial charge < -0.3 is 0 Å². The van der Waals surface area contributed by atoms with Crippen LogP contribution in [-0.4, -0.2) is 17.5 Å². The summed E-state index contributed by atoms with van der Waals surface area (Å²) in [6.07, 6.45) is 5.84. The number of carbonyl (C=O) groups excluding carboxylic acids is 1. The van der Waals surface area contributed by atoms with Gasteiger partial charge in [-0.25, -0.2) is 0 Å². The number of pyridine rings is 1. The first-order valence-corrected chi connectivity index (χ1v) is 7.20. The van der Waals surface area contributed by atoms with Gasteiger partial charge in [-0.2, -0.15) is 5.26 Å². The average molecular weight is 289 g/mol. The van der Waals surface area contributed by atoms with E-state index in [1.165, 1.54) is 0 Å². The minimum absolute atomic E-state index is 0.380. The van der Waals surface area contributed by atoms with Gasteiger partial charge in [0.25, 0.3) is 0 Å². The Morgan fingerprint density at radius 2 is 2.27 bits per heavy atom. The van der Waals surface area contributed by atoms with Crippen LogP contribution < -0.4 is 0 Å². The minimum atomic E-state index is 0.380. The third-order valence-corrected chi connectivity index (χ3v) is 3.73. The number of nitriles is 1. The number of aliphatic imine (C=N–C) groups is 1. The van der Waals surface area contributed by atoms with Crippen molar-refractivity contribution in [2.75, 3.05) is 0 Å². The number of fused-ring (bicyclic) bond motifs is 1. The lowest BCUT2D eigenvalue weighted by Crippen LogP contribution is -2.08. The van der Waals surface area contributed by atoms with Crippen molar-refractivity contribution >= 4 is 18.2 Å². The van der Waals surface area contributed by atoms with Gasteiger partial charge in [-0.15, -0.1) is 0 Å². The predicted octanol–water partition coefficient (Wildman–Crippen LogP) is 3.25. The molecule has 0 saturated carbocycles. The SMILES string of the molecule is CC1C=Nc2c(C#N)cc(Cc3cc(C=O)ccn3)cc2C1. The zero-order valence-electron chi connectivity index (χ0n) is 12.3. The minimum Gasteiger partial charge on any atom is -0.298 e. The Morgan fingerprint density at radius 3 is 3.05 bits per heavy atom. The highest BCUT2D eigenvalue weighted by Crippen LogP contribution is 2.31. The molecule has 2 heterocycles. The van der Waals surface area contributed by atoms with E-state index < -0.39 is 0 Å². The van der Waals surface area contributed by atoms with Crippen LogP contribution in [0.3, 0.4) is 0 Å². The number of nitrogens with zero attached hydrogens (tertiary/aromatic N) is 3. The quantitative estimate of drug-likeness (QED) is 0.815. The Kier molecular flexibility index (Phi) is 3.80. The summed E-state index contributed by atoms with van der Waals surface area (Å²) in [4.78, 5) is 19.6. The molecule has 1 aromatic heterocycles. The maximum absolute atomic E-state index is 10.9. The molecule has 1 aromatic carbocycles. The summed E-state index contributed by atoms with van der Waals surface area (Å²) in [7, 11) is 0. The van der Waals surface area contributed by atoms with Crippen molar-refractivity contribution in [1.82, 2.24) is 4.98 Å². The highest BCUT2D eigenvalue weighted by atomic mass is 16.1. The summed E-state index contributed by atoms with van der Waals surface area (Å²) in [5.41, 5.74) is 4.95. The topological polar surface area (TPSA) is 66.1 Å². The van der Waals surface area contributed by atoms with Crippen molar-refractivity contribution in [3.63, 3.8) is 0 Å². The molecule has 3 rings (SSSR count). The summed E-state index contributed by atoms with van der Waals surface area (Å²) >= 11 is 0. The molecule has 1 aliphatic rings. The summed E-state index contributed by atoms with van der Waals surface area (Å²) in [5.74, 6) is 0.380. The van der Waals surface area contributed by atoms with Gasteiger partial charge in [-0.05, 0) is 41.7 Å². The molecule has 108 valence electrons. The molecule has 4 nitrogen and oxygen atoms in total. The molecule has 1 unspecified atom stereocenters. The fourth-order valence-electron chi connectivity index (χ4n) is 2.73. The molecule has 0 bridgehead atoms. The van der Waals surface area contributed by atoms with Crippen molar-refractivity contribution in [3.05, 3.63) is 58.4 Å². The highest BCUT2D eigenvalue weighted by Gasteiger charge is 2.16. The van der Waals surface area contributed by atoms with E-state index in [2.05, 4.69) is 29.0 Å². The van der Waals surface area contributed by atoms with Gasteiger partial charge in [0.05, 0.1) is 11.3 Å². The van der Waals surface area contributed by atoms with Crippen LogP contribution in [-0.2, 0) is 12.8 Å². The van der Waals surface area contributed by atoms with Gasteiger partial charge in [-0.1, -0.05) is 13.0 Å². The van der Waals surface area contributed by atoms with E-state index in [9.17, 15) is 10.1 Å². The molecular weight excluding hydrogens is 274 g/mol. The Morgan fingerprint density at radius 1 is 1.41 bits per heavy atom. The van der Waals surface area contributed by atoms with Crippen LogP contribution in [0.1, 0.15) is 39.7 Å². The van der Waals surface area contributed by atoms with Gasteiger partial charge >= 0.3 is 0 Å². The number of aromatic nitrogens is 1. The summed E-state index contributed by atoms with van der Waals surface area (Å²) in [5, 5.41) is 9.35. The standard InChI is InChI=1S/C18H15N3O/c1-12-4-15-5-14(6-16(9-19)18(15)21-10-12)8-17-7-13(11-22)2-3-20-17/h2-3,5-7,10-12H,4,8H2,1H3. The third kappa shape index (κ3) is 2.79. The molecule has 1 atom stereocenters. The molecule has 0 spiro atoms. The van der Waals surface area contributed by atoms with E-state index in [-0.39, 0.29) is 0 Å². The first kappa shape index (κ1) is 14.2. The number of carbonyl (C=O) groups is 1. The van der Waals surface area contributed by atoms with E-state index in [1.54, 1.807) is 18.3 Å². The van der Waals surface area contributed by atoms with Crippen molar-refractivity contribution in [3.8, 4) is 6.07 Å². The van der Waals surface area contributed by atoms with Gasteiger partial charge in [0.2, 0.25) is 0 Å². The Labute approximate surface area is 129 Å². The summed E-state index contributed by atoms with van der Waals surface area (Å²) in [6.45, 7) is 2.11. The first-order valence-electron chi connectivity index (χ1n) is 7.20. The highest BCUT2D eigenvalue weighted by molar-refractivity contribution is 5.75. The van der Waals surface area contributed by atoms with E-state index >= 15 is 0 Å². The molecule has 0 aliphatic carbocycles. The lowest BCUT2D eigenvalue weighted by molar-refractivity contribution is 0.112. The smallest absolute Gasteiger partial charge is 0.150 e. The monoisotopic (exact) mass is 289 g/mol. The second kappa shape index (κ2) is 5.90. The molecule has 22 heavy (non-hydrogen) atoms. The van der Waals surface area contributed by atoms with E-state index in [4.69, 9.17) is 0 Å². The molecule has 4 heteroatoms. The lowest BCUT2D eigenvalue weighted by atomic mass is 9.92. The number of rotatable bonds is 3. The van der Waals surface area contributed by atoms with Crippen LogP contribution in [0, 0.1) is 17.2 Å². The molecule has 0 N–H and O–H groups in total.